The molecular weight excluding hydrogens is 334 g/mol. The summed E-state index contributed by atoms with van der Waals surface area (Å²) in [6.45, 7) is 0. The van der Waals surface area contributed by atoms with Gasteiger partial charge in [0.15, 0.2) is 0 Å². The van der Waals surface area contributed by atoms with Gasteiger partial charge < -0.3 is 4.98 Å². The summed E-state index contributed by atoms with van der Waals surface area (Å²) in [4.78, 5) is 23.3. The predicted molar refractivity (Wildman–Crippen MR) is 109 cm³/mol. The van der Waals surface area contributed by atoms with E-state index in [2.05, 4.69) is 22.1 Å². The number of hydrogen-bond donors (Lipinski definition) is 1. The highest BCUT2D eigenvalue weighted by Gasteiger charge is 2.31. The molecule has 4 aromatic rings. The first-order valence-corrected chi connectivity index (χ1v) is 8.91. The van der Waals surface area contributed by atoms with E-state index in [0.717, 1.165) is 28.0 Å². The molecule has 130 valence electrons. The van der Waals surface area contributed by atoms with Gasteiger partial charge in [0.1, 0.15) is 6.04 Å². The number of nitrogens with one attached hydrogen (secondary N) is 1. The van der Waals surface area contributed by atoms with E-state index in [9.17, 15) is 4.79 Å². The number of rotatable bonds is 2. The molecule has 1 aliphatic rings. The number of aromatic nitrogens is 1. The van der Waals surface area contributed by atoms with Crippen molar-refractivity contribution in [3.05, 3.63) is 96.2 Å². The molecule has 1 atom stereocenters. The normalized spacial score (nSPS) is 15.7. The second kappa shape index (κ2) is 6.25. The lowest BCUT2D eigenvalue weighted by molar-refractivity contribution is 0.0982. The summed E-state index contributed by atoms with van der Waals surface area (Å²) >= 11 is 0. The van der Waals surface area contributed by atoms with Crippen LogP contribution < -0.4 is 4.90 Å². The number of nitrogens with zero attached hydrogens (tertiary/aromatic N) is 2. The van der Waals surface area contributed by atoms with Crippen molar-refractivity contribution in [1.29, 1.82) is 0 Å². The number of hydrogen-bond acceptors (Lipinski definition) is 2. The summed E-state index contributed by atoms with van der Waals surface area (Å²) in [6.07, 6.45) is 1.84. The smallest absolute Gasteiger partial charge is 0.259 e. The third-order valence-corrected chi connectivity index (χ3v) is 4.88. The fourth-order valence-corrected chi connectivity index (χ4v) is 3.57. The zero-order valence-corrected chi connectivity index (χ0v) is 14.5. The van der Waals surface area contributed by atoms with Crippen molar-refractivity contribution in [1.82, 2.24) is 4.98 Å². The van der Waals surface area contributed by atoms with Crippen LogP contribution in [0.4, 0.5) is 11.4 Å². The minimum atomic E-state index is -0.292. The van der Waals surface area contributed by atoms with E-state index in [1.54, 1.807) is 0 Å². The molecule has 4 heteroatoms. The van der Waals surface area contributed by atoms with Crippen molar-refractivity contribution in [2.45, 2.75) is 6.04 Å². The van der Waals surface area contributed by atoms with E-state index in [1.165, 1.54) is 0 Å². The van der Waals surface area contributed by atoms with Gasteiger partial charge in [-0.2, -0.15) is 0 Å². The van der Waals surface area contributed by atoms with E-state index in [-0.39, 0.29) is 11.9 Å². The van der Waals surface area contributed by atoms with Crippen molar-refractivity contribution < 1.29 is 4.79 Å². The van der Waals surface area contributed by atoms with Gasteiger partial charge in [0.2, 0.25) is 0 Å². The molecule has 2 heterocycles. The maximum absolute atomic E-state index is 13.4. The van der Waals surface area contributed by atoms with Crippen molar-refractivity contribution in [3.63, 3.8) is 0 Å². The third-order valence-electron chi connectivity index (χ3n) is 4.88. The molecule has 5 rings (SSSR count). The largest absolute Gasteiger partial charge is 0.356 e. The number of carbonyl (C=O) groups excluding carboxylic acids is 1. The maximum atomic E-state index is 13.4. The average molecular weight is 351 g/mol. The van der Waals surface area contributed by atoms with Gasteiger partial charge >= 0.3 is 0 Å². The van der Waals surface area contributed by atoms with Crippen LogP contribution in [0.25, 0.3) is 10.9 Å². The molecule has 0 bridgehead atoms. The van der Waals surface area contributed by atoms with Gasteiger partial charge in [0.25, 0.3) is 5.91 Å². The van der Waals surface area contributed by atoms with Crippen LogP contribution in [0.3, 0.4) is 0 Å². The Morgan fingerprint density at radius 1 is 0.889 bits per heavy atom. The number of para-hydroxylation sites is 3. The lowest BCUT2D eigenvalue weighted by Gasteiger charge is -2.32. The molecule has 3 aromatic carbocycles. The number of aliphatic imine (C=N–C) groups is 1. The SMILES string of the molecule is O=C(c1ccccc1)N1c2ccccc2N=CC1c1cc2ccccc2[nH]1. The van der Waals surface area contributed by atoms with Crippen LogP contribution >= 0.6 is 0 Å². The fraction of sp³-hybridized carbons (Fsp3) is 0.0435. The molecule has 1 N–H and O–H groups in total. The van der Waals surface area contributed by atoms with Crippen LogP contribution in [-0.4, -0.2) is 17.1 Å². The molecule has 1 amide bonds. The molecule has 4 nitrogen and oxygen atoms in total. The van der Waals surface area contributed by atoms with Crippen LogP contribution in [0.5, 0.6) is 0 Å². The van der Waals surface area contributed by atoms with Gasteiger partial charge in [0, 0.05) is 23.0 Å². The Hall–Kier alpha value is -3.66. The monoisotopic (exact) mass is 351 g/mol. The van der Waals surface area contributed by atoms with Crippen LogP contribution in [0.1, 0.15) is 22.1 Å². The highest BCUT2D eigenvalue weighted by Crippen LogP contribution is 2.39. The summed E-state index contributed by atoms with van der Waals surface area (Å²) in [5.74, 6) is -0.0437. The quantitative estimate of drug-likeness (QED) is 0.525. The fourth-order valence-electron chi connectivity index (χ4n) is 3.57. The molecule has 27 heavy (non-hydrogen) atoms. The molecule has 0 aliphatic carbocycles. The maximum Gasteiger partial charge on any atom is 0.259 e. The van der Waals surface area contributed by atoms with Crippen LogP contribution in [0.15, 0.2) is 89.9 Å². The first-order valence-electron chi connectivity index (χ1n) is 8.91. The molecule has 0 saturated carbocycles. The number of benzene rings is 3. The van der Waals surface area contributed by atoms with Gasteiger partial charge in [-0.05, 0) is 41.8 Å². The molecule has 0 fully saturated rings. The Morgan fingerprint density at radius 3 is 2.48 bits per heavy atom. The second-order valence-corrected chi connectivity index (χ2v) is 6.56. The average Bonchev–Trinajstić information content (AvgIpc) is 3.17. The molecule has 0 saturated heterocycles. The predicted octanol–water partition coefficient (Wildman–Crippen LogP) is 5.27. The van der Waals surface area contributed by atoms with Crippen LogP contribution in [-0.2, 0) is 0 Å². The summed E-state index contributed by atoms with van der Waals surface area (Å²) in [5, 5.41) is 1.12. The van der Waals surface area contributed by atoms with Gasteiger partial charge in [-0.15, -0.1) is 0 Å². The number of fused-ring (bicyclic) bond motifs is 2. The summed E-state index contributed by atoms with van der Waals surface area (Å²) in [5.41, 5.74) is 4.26. The topological polar surface area (TPSA) is 48.5 Å². The lowest BCUT2D eigenvalue weighted by Crippen LogP contribution is -2.37. The molecular formula is C23H17N3O. The molecule has 1 aromatic heterocycles. The Kier molecular flexibility index (Phi) is 3.61. The Morgan fingerprint density at radius 2 is 1.63 bits per heavy atom. The third kappa shape index (κ3) is 2.62. The molecule has 1 unspecified atom stereocenters. The van der Waals surface area contributed by atoms with E-state index < -0.39 is 0 Å². The second-order valence-electron chi connectivity index (χ2n) is 6.56. The van der Waals surface area contributed by atoms with Gasteiger partial charge in [0.05, 0.1) is 11.4 Å². The number of amides is 1. The van der Waals surface area contributed by atoms with Crippen molar-refractivity contribution >= 4 is 34.4 Å². The van der Waals surface area contributed by atoms with Crippen molar-refractivity contribution in [2.75, 3.05) is 4.90 Å². The van der Waals surface area contributed by atoms with Gasteiger partial charge in [-0.3, -0.25) is 14.7 Å². The minimum absolute atomic E-state index is 0.0437. The van der Waals surface area contributed by atoms with E-state index in [1.807, 2.05) is 83.9 Å². The molecule has 0 spiro atoms. The van der Waals surface area contributed by atoms with E-state index in [0.29, 0.717) is 5.56 Å². The van der Waals surface area contributed by atoms with Gasteiger partial charge in [-0.1, -0.05) is 48.5 Å². The lowest BCUT2D eigenvalue weighted by atomic mass is 10.1. The summed E-state index contributed by atoms with van der Waals surface area (Å²) in [7, 11) is 0. The van der Waals surface area contributed by atoms with Crippen molar-refractivity contribution in [3.8, 4) is 0 Å². The Balaban J connectivity index is 1.66. The number of carbonyl (C=O) groups is 1. The van der Waals surface area contributed by atoms with Crippen molar-refractivity contribution in [2.24, 2.45) is 4.99 Å². The van der Waals surface area contributed by atoms with E-state index >= 15 is 0 Å². The number of H-pyrrole nitrogens is 1. The Labute approximate surface area is 156 Å². The first kappa shape index (κ1) is 15.6. The van der Waals surface area contributed by atoms with Crippen LogP contribution in [0, 0.1) is 0 Å². The summed E-state index contributed by atoms with van der Waals surface area (Å²) in [6, 6.07) is 27.0. The Bertz CT molecular complexity index is 1130. The zero-order chi connectivity index (χ0) is 18.2. The summed E-state index contributed by atoms with van der Waals surface area (Å²) < 4.78 is 0. The minimum Gasteiger partial charge on any atom is -0.356 e. The van der Waals surface area contributed by atoms with Crippen LogP contribution in [0.2, 0.25) is 0 Å². The van der Waals surface area contributed by atoms with Gasteiger partial charge in [-0.25, -0.2) is 0 Å². The molecule has 0 radical (unpaired) electrons. The van der Waals surface area contributed by atoms with E-state index in [4.69, 9.17) is 0 Å². The highest BCUT2D eigenvalue weighted by molar-refractivity contribution is 6.11. The number of anilines is 1. The first-order chi connectivity index (χ1) is 13.3. The zero-order valence-electron chi connectivity index (χ0n) is 14.5. The number of aromatic amines is 1. The standard InChI is InChI=1S/C23H17N3O/c27-23(16-8-2-1-3-9-16)26-21-13-7-6-12-19(21)24-15-22(26)20-14-17-10-4-5-11-18(17)25-20/h1-15,22,25H. The molecule has 1 aliphatic heterocycles. The highest BCUT2D eigenvalue weighted by atomic mass is 16.2.